The number of ether oxygens (including phenoxy) is 1. The number of nitrogens with two attached hydrogens (primary N) is 1. The van der Waals surface area contributed by atoms with E-state index >= 15 is 0 Å². The minimum Gasteiger partial charge on any atom is -0.497 e. The Bertz CT molecular complexity index is 1180. The number of thiazole rings is 1. The molecule has 2 amide bonds. The number of hydrogen-bond acceptors (Lipinski definition) is 5. The van der Waals surface area contributed by atoms with Crippen LogP contribution in [0.4, 0.5) is 5.69 Å². The van der Waals surface area contributed by atoms with E-state index in [0.29, 0.717) is 21.9 Å². The first-order valence-corrected chi connectivity index (χ1v) is 9.25. The monoisotopic (exact) mass is 392 g/mol. The van der Waals surface area contributed by atoms with Crippen molar-refractivity contribution in [2.45, 2.75) is 0 Å². The molecule has 0 aliphatic heterocycles. The minimum atomic E-state index is -0.513. The maximum atomic E-state index is 12.7. The molecule has 8 heteroatoms. The predicted octanol–water partition coefficient (Wildman–Crippen LogP) is 3.42. The quantitative estimate of drug-likeness (QED) is 0.544. The summed E-state index contributed by atoms with van der Waals surface area (Å²) in [6, 6.07) is 14.0. The number of aromatic nitrogens is 2. The molecule has 2 aromatic heterocycles. The SMILES string of the molecule is COc1cccc(-c2cn3c(C(=O)Nc4ccc(C(N)=O)cc4)csc3n2)c1. The van der Waals surface area contributed by atoms with E-state index in [-0.39, 0.29) is 5.91 Å². The first-order chi connectivity index (χ1) is 13.5. The number of anilines is 1. The topological polar surface area (TPSA) is 98.7 Å². The highest BCUT2D eigenvalue weighted by Gasteiger charge is 2.16. The van der Waals surface area contributed by atoms with E-state index in [1.807, 2.05) is 30.5 Å². The van der Waals surface area contributed by atoms with Gasteiger partial charge in [-0.1, -0.05) is 12.1 Å². The zero-order valence-corrected chi connectivity index (χ0v) is 15.7. The molecule has 0 saturated carbocycles. The normalized spacial score (nSPS) is 10.8. The van der Waals surface area contributed by atoms with Crippen molar-refractivity contribution in [3.8, 4) is 17.0 Å². The average molecular weight is 392 g/mol. The lowest BCUT2D eigenvalue weighted by Crippen LogP contribution is -2.14. The molecule has 0 fully saturated rings. The molecule has 0 saturated heterocycles. The number of carbonyl (C=O) groups excluding carboxylic acids is 2. The van der Waals surface area contributed by atoms with Gasteiger partial charge in [0.25, 0.3) is 5.91 Å². The summed E-state index contributed by atoms with van der Waals surface area (Å²) in [6.45, 7) is 0. The summed E-state index contributed by atoms with van der Waals surface area (Å²) in [4.78, 5) is 29.1. The number of carbonyl (C=O) groups is 2. The number of fused-ring (bicyclic) bond motifs is 1. The van der Waals surface area contributed by atoms with Crippen LogP contribution in [0.15, 0.2) is 60.1 Å². The minimum absolute atomic E-state index is 0.271. The second kappa shape index (κ2) is 7.16. The van der Waals surface area contributed by atoms with Crippen molar-refractivity contribution in [1.82, 2.24) is 9.38 Å². The van der Waals surface area contributed by atoms with Gasteiger partial charge in [-0.25, -0.2) is 4.98 Å². The molecule has 0 aliphatic carbocycles. The highest BCUT2D eigenvalue weighted by Crippen LogP contribution is 2.26. The maximum absolute atomic E-state index is 12.7. The summed E-state index contributed by atoms with van der Waals surface area (Å²) in [6.07, 6.45) is 1.83. The standard InChI is InChI=1S/C20H16N4O3S/c1-27-15-4-2-3-13(9-15)16-10-24-17(11-28-20(24)23-16)19(26)22-14-7-5-12(6-8-14)18(21)25/h2-11H,1H3,(H2,21,25)(H,22,26). The van der Waals surface area contributed by atoms with E-state index in [2.05, 4.69) is 10.3 Å². The van der Waals surface area contributed by atoms with E-state index in [1.165, 1.54) is 11.3 Å². The van der Waals surface area contributed by atoms with Gasteiger partial charge in [-0.2, -0.15) is 0 Å². The molecule has 4 aromatic rings. The summed E-state index contributed by atoms with van der Waals surface area (Å²) >= 11 is 1.38. The molecule has 0 bridgehead atoms. The molecule has 0 radical (unpaired) electrons. The Morgan fingerprint density at radius 2 is 1.96 bits per heavy atom. The number of rotatable bonds is 5. The van der Waals surface area contributed by atoms with Gasteiger partial charge >= 0.3 is 0 Å². The van der Waals surface area contributed by atoms with Crippen molar-refractivity contribution < 1.29 is 14.3 Å². The van der Waals surface area contributed by atoms with Crippen LogP contribution in [-0.2, 0) is 0 Å². The molecular formula is C20H16N4O3S. The van der Waals surface area contributed by atoms with Crippen LogP contribution in [-0.4, -0.2) is 28.3 Å². The van der Waals surface area contributed by atoms with Gasteiger partial charge < -0.3 is 15.8 Å². The molecular weight excluding hydrogens is 376 g/mol. The van der Waals surface area contributed by atoms with Crippen LogP contribution in [0.1, 0.15) is 20.8 Å². The van der Waals surface area contributed by atoms with Crippen LogP contribution in [0.25, 0.3) is 16.2 Å². The van der Waals surface area contributed by atoms with Crippen molar-refractivity contribution in [2.75, 3.05) is 12.4 Å². The van der Waals surface area contributed by atoms with Crippen molar-refractivity contribution in [3.63, 3.8) is 0 Å². The lowest BCUT2D eigenvalue weighted by Gasteiger charge is -2.05. The van der Waals surface area contributed by atoms with Gasteiger partial charge in [0.05, 0.1) is 12.8 Å². The summed E-state index contributed by atoms with van der Waals surface area (Å²) in [5.74, 6) is -0.0418. The van der Waals surface area contributed by atoms with Crippen LogP contribution in [0.3, 0.4) is 0 Å². The number of methoxy groups -OCH3 is 1. The number of amides is 2. The van der Waals surface area contributed by atoms with E-state index < -0.39 is 5.91 Å². The number of hydrogen-bond donors (Lipinski definition) is 2. The maximum Gasteiger partial charge on any atom is 0.273 e. The molecule has 7 nitrogen and oxygen atoms in total. The largest absolute Gasteiger partial charge is 0.497 e. The molecule has 2 aromatic carbocycles. The van der Waals surface area contributed by atoms with Gasteiger partial charge in [0.2, 0.25) is 5.91 Å². The lowest BCUT2D eigenvalue weighted by atomic mass is 10.1. The van der Waals surface area contributed by atoms with Crippen LogP contribution in [0.5, 0.6) is 5.75 Å². The number of nitrogens with one attached hydrogen (secondary N) is 1. The van der Waals surface area contributed by atoms with Crippen molar-refractivity contribution in [3.05, 3.63) is 71.4 Å². The van der Waals surface area contributed by atoms with Gasteiger partial charge in [0, 0.05) is 28.4 Å². The Morgan fingerprint density at radius 3 is 2.68 bits per heavy atom. The molecule has 0 aliphatic rings. The number of primary amides is 1. The second-order valence-corrected chi connectivity index (χ2v) is 6.86. The third kappa shape index (κ3) is 3.33. The van der Waals surface area contributed by atoms with Crippen molar-refractivity contribution in [1.29, 1.82) is 0 Å². The molecule has 3 N–H and O–H groups in total. The van der Waals surface area contributed by atoms with Crippen LogP contribution in [0, 0.1) is 0 Å². The van der Waals surface area contributed by atoms with E-state index in [0.717, 1.165) is 17.0 Å². The Hall–Kier alpha value is -3.65. The summed E-state index contributed by atoms with van der Waals surface area (Å²) < 4.78 is 7.01. The van der Waals surface area contributed by atoms with Crippen LogP contribution >= 0.6 is 11.3 Å². The molecule has 0 unspecified atom stereocenters. The fraction of sp³-hybridized carbons (Fsp3) is 0.0500. The third-order valence-electron chi connectivity index (χ3n) is 4.23. The highest BCUT2D eigenvalue weighted by molar-refractivity contribution is 7.15. The van der Waals surface area contributed by atoms with Crippen LogP contribution < -0.4 is 15.8 Å². The highest BCUT2D eigenvalue weighted by atomic mass is 32.1. The van der Waals surface area contributed by atoms with Crippen LogP contribution in [0.2, 0.25) is 0 Å². The number of imidazole rings is 1. The molecule has 2 heterocycles. The first kappa shape index (κ1) is 17.7. The van der Waals surface area contributed by atoms with E-state index in [4.69, 9.17) is 10.5 Å². The summed E-state index contributed by atoms with van der Waals surface area (Å²) in [7, 11) is 1.61. The average Bonchev–Trinajstić information content (AvgIpc) is 3.29. The van der Waals surface area contributed by atoms with Gasteiger partial charge in [0.1, 0.15) is 11.4 Å². The fourth-order valence-corrected chi connectivity index (χ4v) is 3.63. The zero-order chi connectivity index (χ0) is 19.7. The molecule has 140 valence electrons. The Morgan fingerprint density at radius 1 is 1.18 bits per heavy atom. The van der Waals surface area contributed by atoms with Gasteiger partial charge in [0.15, 0.2) is 4.96 Å². The van der Waals surface area contributed by atoms with Gasteiger partial charge in [-0.05, 0) is 36.4 Å². The molecule has 0 atom stereocenters. The number of benzene rings is 2. The summed E-state index contributed by atoms with van der Waals surface area (Å²) in [5.41, 5.74) is 8.32. The Labute approximate surface area is 164 Å². The molecule has 0 spiro atoms. The predicted molar refractivity (Wildman–Crippen MR) is 108 cm³/mol. The third-order valence-corrected chi connectivity index (χ3v) is 5.07. The second-order valence-electron chi connectivity index (χ2n) is 6.03. The van der Waals surface area contributed by atoms with E-state index in [1.54, 1.807) is 41.2 Å². The Balaban J connectivity index is 1.61. The van der Waals surface area contributed by atoms with Crippen molar-refractivity contribution >= 4 is 33.8 Å². The molecule has 28 heavy (non-hydrogen) atoms. The van der Waals surface area contributed by atoms with Gasteiger partial charge in [-0.3, -0.25) is 14.0 Å². The zero-order valence-electron chi connectivity index (χ0n) is 14.9. The summed E-state index contributed by atoms with van der Waals surface area (Å²) in [5, 5.41) is 4.57. The van der Waals surface area contributed by atoms with E-state index in [9.17, 15) is 9.59 Å². The van der Waals surface area contributed by atoms with Gasteiger partial charge in [-0.15, -0.1) is 11.3 Å². The molecule has 4 rings (SSSR count). The lowest BCUT2D eigenvalue weighted by molar-refractivity contribution is 0.0997. The number of nitrogens with zero attached hydrogens (tertiary/aromatic N) is 2. The fourth-order valence-electron chi connectivity index (χ4n) is 2.78. The smallest absolute Gasteiger partial charge is 0.273 e. The first-order valence-electron chi connectivity index (χ1n) is 8.37. The van der Waals surface area contributed by atoms with Crippen molar-refractivity contribution in [2.24, 2.45) is 5.73 Å². The Kier molecular flexibility index (Phi) is 4.54.